The topological polar surface area (TPSA) is 102 Å². The normalized spacial score (nSPS) is 17.0. The SMILES string of the molecule is CN=C(N=CCCCc1ccc(OC(F)(F)F)cc1)c1ccc(NC(=O)/N=C2\SCC3=CC(C)c4ccc(C)cc4N32)c(C#N)c1. The Balaban J connectivity index is 1.20. The van der Waals surface area contributed by atoms with E-state index in [0.717, 1.165) is 28.3 Å². The van der Waals surface area contributed by atoms with Crippen molar-refractivity contribution < 1.29 is 22.7 Å². The number of urea groups is 1. The lowest BCUT2D eigenvalue weighted by Crippen LogP contribution is -2.28. The van der Waals surface area contributed by atoms with Crippen molar-refractivity contribution in [2.24, 2.45) is 15.0 Å². The van der Waals surface area contributed by atoms with Crippen LogP contribution in [0.4, 0.5) is 29.3 Å². The van der Waals surface area contributed by atoms with Crippen LogP contribution < -0.4 is 15.0 Å². The highest BCUT2D eigenvalue weighted by Crippen LogP contribution is 2.43. The number of hydrogen-bond donors (Lipinski definition) is 1. The summed E-state index contributed by atoms with van der Waals surface area (Å²) in [6.45, 7) is 4.19. The number of amides is 2. The van der Waals surface area contributed by atoms with E-state index in [-0.39, 0.29) is 17.2 Å². The lowest BCUT2D eigenvalue weighted by Gasteiger charge is -2.30. The van der Waals surface area contributed by atoms with E-state index in [1.165, 1.54) is 29.5 Å². The van der Waals surface area contributed by atoms with Gasteiger partial charge in [-0.05, 0) is 79.3 Å². The number of allylic oxidation sites excluding steroid dienone is 1. The zero-order valence-corrected chi connectivity index (χ0v) is 26.2. The first kappa shape index (κ1) is 32.5. The Bertz CT molecular complexity index is 1790. The van der Waals surface area contributed by atoms with E-state index >= 15 is 0 Å². The van der Waals surface area contributed by atoms with Crippen molar-refractivity contribution in [1.29, 1.82) is 5.26 Å². The van der Waals surface area contributed by atoms with Crippen molar-refractivity contribution in [3.63, 3.8) is 0 Å². The molecular weight excluding hydrogens is 613 g/mol. The van der Waals surface area contributed by atoms with E-state index in [2.05, 4.69) is 62.3 Å². The number of carbonyl (C=O) groups is 1. The number of carbonyl (C=O) groups excluding carboxylic acids is 1. The summed E-state index contributed by atoms with van der Waals surface area (Å²) in [5, 5.41) is 13.2. The van der Waals surface area contributed by atoms with Gasteiger partial charge in [-0.15, -0.1) is 13.2 Å². The van der Waals surface area contributed by atoms with Crippen LogP contribution in [0.2, 0.25) is 0 Å². The van der Waals surface area contributed by atoms with Crippen LogP contribution in [0.5, 0.6) is 5.75 Å². The van der Waals surface area contributed by atoms with Crippen LogP contribution in [-0.2, 0) is 6.42 Å². The Kier molecular flexibility index (Phi) is 9.92. The number of rotatable bonds is 7. The molecule has 2 aliphatic rings. The van der Waals surface area contributed by atoms with E-state index < -0.39 is 12.4 Å². The molecule has 236 valence electrons. The molecule has 3 aromatic rings. The van der Waals surface area contributed by atoms with Crippen LogP contribution in [-0.4, -0.2) is 42.4 Å². The number of halogens is 3. The molecule has 1 unspecified atom stereocenters. The van der Waals surface area contributed by atoms with Crippen molar-refractivity contribution >= 4 is 46.4 Å². The number of nitriles is 1. The van der Waals surface area contributed by atoms with Gasteiger partial charge in [-0.3, -0.25) is 9.89 Å². The molecule has 1 atom stereocenters. The first-order chi connectivity index (χ1) is 22.0. The Morgan fingerprint density at radius 1 is 1.17 bits per heavy atom. The number of fused-ring (bicyclic) bond motifs is 3. The van der Waals surface area contributed by atoms with Gasteiger partial charge in [0.05, 0.1) is 16.9 Å². The van der Waals surface area contributed by atoms with Crippen LogP contribution in [0, 0.1) is 18.3 Å². The van der Waals surface area contributed by atoms with Crippen molar-refractivity contribution in [3.8, 4) is 11.8 Å². The predicted molar refractivity (Wildman–Crippen MR) is 177 cm³/mol. The molecule has 2 amide bonds. The van der Waals surface area contributed by atoms with Gasteiger partial charge in [-0.25, -0.2) is 9.79 Å². The molecule has 0 aliphatic carbocycles. The van der Waals surface area contributed by atoms with Crippen molar-refractivity contribution in [2.45, 2.75) is 45.4 Å². The lowest BCUT2D eigenvalue weighted by atomic mass is 9.93. The highest BCUT2D eigenvalue weighted by atomic mass is 32.2. The molecule has 1 N–H and O–H groups in total. The fourth-order valence-corrected chi connectivity index (χ4v) is 6.24. The maximum absolute atomic E-state index is 13.0. The number of hydrogen-bond acceptors (Lipinski definition) is 5. The number of alkyl halides is 3. The molecule has 1 saturated heterocycles. The molecule has 3 aromatic carbocycles. The van der Waals surface area contributed by atoms with Gasteiger partial charge >= 0.3 is 12.4 Å². The predicted octanol–water partition coefficient (Wildman–Crippen LogP) is 8.38. The molecule has 0 spiro atoms. The Hall–Kier alpha value is -4.89. The number of nitrogens with one attached hydrogen (secondary N) is 1. The van der Waals surface area contributed by atoms with Crippen LogP contribution in [0.3, 0.4) is 0 Å². The highest BCUT2D eigenvalue weighted by molar-refractivity contribution is 8.14. The molecule has 2 aliphatic heterocycles. The number of ether oxygens (including phenoxy) is 1. The monoisotopic (exact) mass is 644 g/mol. The Morgan fingerprint density at radius 2 is 1.96 bits per heavy atom. The smallest absolute Gasteiger partial charge is 0.406 e. The number of aryl methyl sites for hydroxylation is 2. The van der Waals surface area contributed by atoms with Gasteiger partial charge in [0.15, 0.2) is 11.0 Å². The highest BCUT2D eigenvalue weighted by Gasteiger charge is 2.33. The van der Waals surface area contributed by atoms with Crippen LogP contribution in [0.25, 0.3) is 0 Å². The summed E-state index contributed by atoms with van der Waals surface area (Å²) < 4.78 is 40.9. The molecule has 0 aromatic heterocycles. The number of nitrogens with zero attached hydrogens (tertiary/aromatic N) is 5. The van der Waals surface area contributed by atoms with Gasteiger partial charge in [0.25, 0.3) is 0 Å². The molecule has 0 saturated carbocycles. The molecular formula is C34H31F3N6O2S. The first-order valence-corrected chi connectivity index (χ1v) is 15.6. The zero-order chi connectivity index (χ0) is 32.8. The molecule has 8 nitrogen and oxygen atoms in total. The van der Waals surface area contributed by atoms with Crippen LogP contribution in [0.1, 0.15) is 53.5 Å². The van der Waals surface area contributed by atoms with E-state index in [1.54, 1.807) is 43.6 Å². The van der Waals surface area contributed by atoms with Gasteiger partial charge in [-0.2, -0.15) is 10.3 Å². The standard InChI is InChI=1S/C34H31F3N6O2S/c1-21-7-13-28-22(2)17-26-20-46-33(43(26)30(28)16-21)42-32(44)41-29-14-10-24(18-25(29)19-38)31(39-3)40-15-5-4-6-23-8-11-27(12-9-23)45-34(35,36)37/h7-18,22H,4-6,20H2,1-3H3,(H,41,44)/b39-31?,40-15?,42-33-. The summed E-state index contributed by atoms with van der Waals surface area (Å²) in [4.78, 5) is 28.1. The second-order valence-electron chi connectivity index (χ2n) is 10.8. The van der Waals surface area contributed by atoms with Gasteiger partial charge in [0.2, 0.25) is 0 Å². The Morgan fingerprint density at radius 3 is 2.67 bits per heavy atom. The molecule has 0 bridgehead atoms. The maximum atomic E-state index is 13.0. The largest absolute Gasteiger partial charge is 0.573 e. The summed E-state index contributed by atoms with van der Waals surface area (Å²) in [6, 6.07) is 18.6. The zero-order valence-electron chi connectivity index (χ0n) is 25.4. The average molecular weight is 645 g/mol. The van der Waals surface area contributed by atoms with Crippen molar-refractivity contribution in [2.75, 3.05) is 23.0 Å². The van der Waals surface area contributed by atoms with Crippen LogP contribution in [0.15, 0.2) is 87.4 Å². The third-order valence-electron chi connectivity index (χ3n) is 7.41. The Labute approximate surface area is 269 Å². The maximum Gasteiger partial charge on any atom is 0.573 e. The van der Waals surface area contributed by atoms with E-state index in [0.29, 0.717) is 41.5 Å². The minimum Gasteiger partial charge on any atom is -0.406 e. The number of amidine groups is 2. The van der Waals surface area contributed by atoms with Gasteiger partial charge in [0.1, 0.15) is 11.8 Å². The number of thioether (sulfide) groups is 1. The fraction of sp³-hybridized carbons (Fsp3) is 0.265. The third kappa shape index (κ3) is 7.84. The number of anilines is 2. The van der Waals surface area contributed by atoms with Crippen molar-refractivity contribution in [1.82, 2.24) is 0 Å². The van der Waals surface area contributed by atoms with Crippen LogP contribution >= 0.6 is 11.8 Å². The molecule has 5 rings (SSSR count). The van der Waals surface area contributed by atoms with Gasteiger partial charge in [0, 0.05) is 36.2 Å². The first-order valence-electron chi connectivity index (χ1n) is 14.6. The summed E-state index contributed by atoms with van der Waals surface area (Å²) in [5.41, 5.74) is 6.49. The van der Waals surface area contributed by atoms with Gasteiger partial charge in [-0.1, -0.05) is 49.0 Å². The lowest BCUT2D eigenvalue weighted by molar-refractivity contribution is -0.274. The average Bonchev–Trinajstić information content (AvgIpc) is 3.41. The minimum absolute atomic E-state index is 0.243. The van der Waals surface area contributed by atoms with E-state index in [1.807, 2.05) is 11.8 Å². The number of benzene rings is 3. The summed E-state index contributed by atoms with van der Waals surface area (Å²) >= 11 is 1.50. The summed E-state index contributed by atoms with van der Waals surface area (Å²) in [6.07, 6.45) is 1.16. The minimum atomic E-state index is -4.72. The van der Waals surface area contributed by atoms with E-state index in [4.69, 9.17) is 0 Å². The molecule has 46 heavy (non-hydrogen) atoms. The second kappa shape index (κ2) is 14.0. The quantitative estimate of drug-likeness (QED) is 0.158. The summed E-state index contributed by atoms with van der Waals surface area (Å²) in [7, 11) is 1.60. The molecule has 1 fully saturated rings. The molecule has 0 radical (unpaired) electrons. The molecule has 12 heteroatoms. The fourth-order valence-electron chi connectivity index (χ4n) is 5.25. The van der Waals surface area contributed by atoms with Crippen molar-refractivity contribution in [3.05, 3.63) is 100 Å². The number of unbranched alkanes of at least 4 members (excludes halogenated alkanes) is 1. The second-order valence-corrected chi connectivity index (χ2v) is 11.7. The van der Waals surface area contributed by atoms with E-state index in [9.17, 15) is 23.2 Å². The number of aliphatic imine (C=N–C) groups is 3. The third-order valence-corrected chi connectivity index (χ3v) is 8.38. The molecule has 2 heterocycles. The summed E-state index contributed by atoms with van der Waals surface area (Å²) in [5.74, 6) is 1.15. The van der Waals surface area contributed by atoms with Gasteiger partial charge < -0.3 is 10.1 Å².